The first kappa shape index (κ1) is 20.1. The molecule has 1 amide bonds. The zero-order chi connectivity index (χ0) is 20.1. The molecule has 6 nitrogen and oxygen atoms in total. The summed E-state index contributed by atoms with van der Waals surface area (Å²) in [5.41, 5.74) is 2.84. The highest BCUT2D eigenvalue weighted by Crippen LogP contribution is 2.22. The molecule has 1 fully saturated rings. The number of benzene rings is 1. The predicted octanol–water partition coefficient (Wildman–Crippen LogP) is 3.54. The van der Waals surface area contributed by atoms with Gasteiger partial charge in [0.15, 0.2) is 0 Å². The maximum Gasteiger partial charge on any atom is 0.253 e. The average molecular weight is 383 g/mol. The first-order valence-electron chi connectivity index (χ1n) is 10.1. The second-order valence-corrected chi connectivity index (χ2v) is 7.31. The lowest BCUT2D eigenvalue weighted by Gasteiger charge is -2.36. The summed E-state index contributed by atoms with van der Waals surface area (Å²) in [6.07, 6.45) is 2.14. The smallest absolute Gasteiger partial charge is 0.253 e. The average Bonchev–Trinajstić information content (AvgIpc) is 2.71. The highest BCUT2D eigenvalue weighted by atomic mass is 16.5. The number of rotatable bonds is 6. The standard InChI is InChI=1S/C22H30N4O2/c1-5-6-15-28-20-9-7-19(8-10-20)22(27)26-13-11-25(12-14-26)21-16(2)17(3)23-18(4)24-21/h7-10H,5-6,11-15H2,1-4H3. The van der Waals surface area contributed by atoms with Crippen LogP contribution < -0.4 is 9.64 Å². The maximum absolute atomic E-state index is 12.8. The van der Waals surface area contributed by atoms with Gasteiger partial charge in [0.2, 0.25) is 0 Å². The third-order valence-electron chi connectivity index (χ3n) is 5.21. The van der Waals surface area contributed by atoms with Crippen LogP contribution in [0.15, 0.2) is 24.3 Å². The molecule has 150 valence electrons. The van der Waals surface area contributed by atoms with Crippen molar-refractivity contribution in [2.45, 2.75) is 40.5 Å². The van der Waals surface area contributed by atoms with Gasteiger partial charge in [0.25, 0.3) is 5.91 Å². The Morgan fingerprint density at radius 3 is 2.36 bits per heavy atom. The predicted molar refractivity (Wildman–Crippen MR) is 111 cm³/mol. The molecule has 0 N–H and O–H groups in total. The molecule has 28 heavy (non-hydrogen) atoms. The van der Waals surface area contributed by atoms with Crippen molar-refractivity contribution >= 4 is 11.7 Å². The minimum absolute atomic E-state index is 0.0755. The van der Waals surface area contributed by atoms with Crippen molar-refractivity contribution in [3.8, 4) is 5.75 Å². The lowest BCUT2D eigenvalue weighted by Crippen LogP contribution is -2.49. The molecular weight excluding hydrogens is 352 g/mol. The van der Waals surface area contributed by atoms with E-state index in [1.807, 2.05) is 43.0 Å². The molecule has 0 aliphatic carbocycles. The highest BCUT2D eigenvalue weighted by molar-refractivity contribution is 5.94. The number of unbranched alkanes of at least 4 members (excludes halogenated alkanes) is 1. The Labute approximate surface area is 167 Å². The summed E-state index contributed by atoms with van der Waals surface area (Å²) >= 11 is 0. The molecule has 1 aliphatic rings. The van der Waals surface area contributed by atoms with Crippen molar-refractivity contribution in [3.05, 3.63) is 46.9 Å². The van der Waals surface area contributed by atoms with Crippen LogP contribution >= 0.6 is 0 Å². The minimum atomic E-state index is 0.0755. The van der Waals surface area contributed by atoms with Crippen LogP contribution in [0.4, 0.5) is 5.82 Å². The van der Waals surface area contributed by atoms with Crippen molar-refractivity contribution < 1.29 is 9.53 Å². The van der Waals surface area contributed by atoms with Gasteiger partial charge >= 0.3 is 0 Å². The molecule has 0 radical (unpaired) electrons. The van der Waals surface area contributed by atoms with Gasteiger partial charge in [0, 0.05) is 43.0 Å². The number of carbonyl (C=O) groups is 1. The third-order valence-corrected chi connectivity index (χ3v) is 5.21. The number of ether oxygens (including phenoxy) is 1. The van der Waals surface area contributed by atoms with Gasteiger partial charge in [-0.3, -0.25) is 4.79 Å². The van der Waals surface area contributed by atoms with Crippen molar-refractivity contribution in [3.63, 3.8) is 0 Å². The van der Waals surface area contributed by atoms with Crippen LogP contribution in [0.25, 0.3) is 0 Å². The summed E-state index contributed by atoms with van der Waals surface area (Å²) in [6, 6.07) is 7.48. The molecule has 3 rings (SSSR count). The number of anilines is 1. The van der Waals surface area contributed by atoms with E-state index in [-0.39, 0.29) is 5.91 Å². The van der Waals surface area contributed by atoms with E-state index < -0.39 is 0 Å². The molecule has 1 saturated heterocycles. The number of carbonyl (C=O) groups excluding carboxylic acids is 1. The fourth-order valence-corrected chi connectivity index (χ4v) is 3.39. The number of piperazine rings is 1. The maximum atomic E-state index is 12.8. The SMILES string of the molecule is CCCCOc1ccc(C(=O)N2CCN(c3nc(C)nc(C)c3C)CC2)cc1. The van der Waals surface area contributed by atoms with Crippen molar-refractivity contribution in [2.75, 3.05) is 37.7 Å². The molecule has 0 spiro atoms. The number of aromatic nitrogens is 2. The van der Waals surface area contributed by atoms with Crippen LogP contribution in [0.1, 0.15) is 47.2 Å². The Morgan fingerprint density at radius 2 is 1.71 bits per heavy atom. The first-order valence-corrected chi connectivity index (χ1v) is 10.1. The topological polar surface area (TPSA) is 58.6 Å². The van der Waals surface area contributed by atoms with Gasteiger partial charge in [-0.05, 0) is 51.5 Å². The number of amides is 1. The molecule has 0 bridgehead atoms. The quantitative estimate of drug-likeness (QED) is 0.715. The molecule has 0 saturated carbocycles. The van der Waals surface area contributed by atoms with E-state index >= 15 is 0 Å². The Balaban J connectivity index is 1.59. The summed E-state index contributed by atoms with van der Waals surface area (Å²) in [4.78, 5) is 26.1. The van der Waals surface area contributed by atoms with E-state index in [1.54, 1.807) is 0 Å². The van der Waals surface area contributed by atoms with Gasteiger partial charge in [-0.25, -0.2) is 9.97 Å². The highest BCUT2D eigenvalue weighted by Gasteiger charge is 2.24. The van der Waals surface area contributed by atoms with Crippen molar-refractivity contribution in [1.29, 1.82) is 0 Å². The molecule has 0 atom stereocenters. The fraction of sp³-hybridized carbons (Fsp3) is 0.500. The summed E-state index contributed by atoms with van der Waals surface area (Å²) in [6.45, 7) is 11.8. The van der Waals surface area contributed by atoms with Gasteiger partial charge < -0.3 is 14.5 Å². The largest absolute Gasteiger partial charge is 0.494 e. The lowest BCUT2D eigenvalue weighted by molar-refractivity contribution is 0.0746. The Hall–Kier alpha value is -2.63. The first-order chi connectivity index (χ1) is 13.5. The molecule has 2 heterocycles. The fourth-order valence-electron chi connectivity index (χ4n) is 3.39. The van der Waals surface area contributed by atoms with Gasteiger partial charge in [-0.2, -0.15) is 0 Å². The van der Waals surface area contributed by atoms with Gasteiger partial charge in [0.05, 0.1) is 6.61 Å². The van der Waals surface area contributed by atoms with Crippen LogP contribution in [0, 0.1) is 20.8 Å². The summed E-state index contributed by atoms with van der Waals surface area (Å²) < 4.78 is 5.68. The van der Waals surface area contributed by atoms with E-state index in [0.29, 0.717) is 25.3 Å². The Bertz CT molecular complexity index is 812. The van der Waals surface area contributed by atoms with Gasteiger partial charge in [0.1, 0.15) is 17.4 Å². The van der Waals surface area contributed by atoms with Crippen LogP contribution in [-0.4, -0.2) is 53.6 Å². The molecular formula is C22H30N4O2. The summed E-state index contributed by atoms with van der Waals surface area (Å²) in [7, 11) is 0. The van der Waals surface area contributed by atoms with E-state index in [1.165, 1.54) is 0 Å². The molecule has 0 unspecified atom stereocenters. The van der Waals surface area contributed by atoms with Gasteiger partial charge in [-0.1, -0.05) is 13.3 Å². The van der Waals surface area contributed by atoms with E-state index in [0.717, 1.165) is 54.6 Å². The van der Waals surface area contributed by atoms with Crippen LogP contribution in [0.3, 0.4) is 0 Å². The second-order valence-electron chi connectivity index (χ2n) is 7.31. The number of aryl methyl sites for hydroxylation is 2. The zero-order valence-corrected chi connectivity index (χ0v) is 17.4. The van der Waals surface area contributed by atoms with Crippen molar-refractivity contribution in [2.24, 2.45) is 0 Å². The number of nitrogens with zero attached hydrogens (tertiary/aromatic N) is 4. The Morgan fingerprint density at radius 1 is 1.04 bits per heavy atom. The monoisotopic (exact) mass is 382 g/mol. The van der Waals surface area contributed by atoms with Crippen LogP contribution in [0.2, 0.25) is 0 Å². The molecule has 1 aromatic carbocycles. The second kappa shape index (κ2) is 9.04. The van der Waals surface area contributed by atoms with E-state index in [9.17, 15) is 4.79 Å². The van der Waals surface area contributed by atoms with E-state index in [2.05, 4.69) is 28.7 Å². The normalized spacial score (nSPS) is 14.3. The van der Waals surface area contributed by atoms with Crippen LogP contribution in [-0.2, 0) is 0 Å². The molecule has 2 aromatic rings. The summed E-state index contributed by atoms with van der Waals surface area (Å²) in [5, 5.41) is 0. The van der Waals surface area contributed by atoms with E-state index in [4.69, 9.17) is 4.74 Å². The van der Waals surface area contributed by atoms with Gasteiger partial charge in [-0.15, -0.1) is 0 Å². The number of hydrogen-bond acceptors (Lipinski definition) is 5. The van der Waals surface area contributed by atoms with Crippen LogP contribution in [0.5, 0.6) is 5.75 Å². The zero-order valence-electron chi connectivity index (χ0n) is 17.4. The Kier molecular flexibility index (Phi) is 6.49. The summed E-state index contributed by atoms with van der Waals surface area (Å²) in [5.74, 6) is 2.68. The molecule has 1 aliphatic heterocycles. The molecule has 6 heteroatoms. The number of hydrogen-bond donors (Lipinski definition) is 0. The lowest BCUT2D eigenvalue weighted by atomic mass is 10.1. The third kappa shape index (κ3) is 4.61. The minimum Gasteiger partial charge on any atom is -0.494 e. The van der Waals surface area contributed by atoms with Crippen molar-refractivity contribution in [1.82, 2.24) is 14.9 Å². The molecule has 1 aromatic heterocycles.